The monoisotopic (exact) mass is 209 g/mol. The van der Waals surface area contributed by atoms with Crippen molar-refractivity contribution in [2.24, 2.45) is 5.92 Å². The Morgan fingerprint density at radius 1 is 1.71 bits per heavy atom. The Morgan fingerprint density at radius 2 is 2.50 bits per heavy atom. The zero-order valence-corrected chi connectivity index (χ0v) is 9.14. The first-order chi connectivity index (χ1) is 6.75. The second-order valence-electron chi connectivity index (χ2n) is 3.97. The van der Waals surface area contributed by atoms with Crippen molar-refractivity contribution < 1.29 is 4.79 Å². The number of nitrogens with one attached hydrogen (secondary N) is 1. The molecular weight excluding hydrogens is 194 g/mol. The molecule has 1 saturated carbocycles. The SMILES string of the molecule is C[C@H](Cc1cccs1)NC(=O)C1CC1. The number of carbonyl (C=O) groups excluding carboxylic acids is 1. The summed E-state index contributed by atoms with van der Waals surface area (Å²) in [6, 6.07) is 4.43. The Bertz CT molecular complexity index is 303. The van der Waals surface area contributed by atoms with Gasteiger partial charge in [-0.25, -0.2) is 0 Å². The molecule has 1 atom stereocenters. The third-order valence-corrected chi connectivity index (χ3v) is 3.32. The molecule has 1 amide bonds. The van der Waals surface area contributed by atoms with Crippen molar-refractivity contribution in [2.75, 3.05) is 0 Å². The van der Waals surface area contributed by atoms with E-state index in [1.807, 2.05) is 0 Å². The maximum absolute atomic E-state index is 11.4. The summed E-state index contributed by atoms with van der Waals surface area (Å²) in [5.74, 6) is 0.565. The van der Waals surface area contributed by atoms with E-state index in [-0.39, 0.29) is 11.9 Å². The summed E-state index contributed by atoms with van der Waals surface area (Å²) in [4.78, 5) is 12.8. The lowest BCUT2D eigenvalue weighted by molar-refractivity contribution is -0.122. The van der Waals surface area contributed by atoms with Crippen molar-refractivity contribution >= 4 is 17.2 Å². The van der Waals surface area contributed by atoms with Gasteiger partial charge in [0, 0.05) is 23.3 Å². The minimum atomic E-state index is 0.244. The molecule has 0 unspecified atom stereocenters. The van der Waals surface area contributed by atoms with Crippen LogP contribution in [0.15, 0.2) is 17.5 Å². The van der Waals surface area contributed by atoms with Crippen molar-refractivity contribution in [3.05, 3.63) is 22.4 Å². The number of carbonyl (C=O) groups is 1. The average molecular weight is 209 g/mol. The zero-order chi connectivity index (χ0) is 9.97. The van der Waals surface area contributed by atoms with E-state index in [4.69, 9.17) is 0 Å². The minimum absolute atomic E-state index is 0.244. The molecule has 2 rings (SSSR count). The highest BCUT2D eigenvalue weighted by Crippen LogP contribution is 2.29. The standard InChI is InChI=1S/C11H15NOS/c1-8(7-10-3-2-6-14-10)12-11(13)9-4-5-9/h2-3,6,8-9H,4-5,7H2,1H3,(H,12,13)/t8-/m1/s1. The maximum Gasteiger partial charge on any atom is 0.223 e. The fourth-order valence-corrected chi connectivity index (χ4v) is 2.32. The first-order valence-electron chi connectivity index (χ1n) is 5.08. The Labute approximate surface area is 88.3 Å². The normalized spacial score (nSPS) is 17.8. The molecule has 1 N–H and O–H groups in total. The predicted octanol–water partition coefficient (Wildman–Crippen LogP) is 2.21. The quantitative estimate of drug-likeness (QED) is 0.809. The molecule has 2 nitrogen and oxygen atoms in total. The predicted molar refractivity (Wildman–Crippen MR) is 58.4 cm³/mol. The van der Waals surface area contributed by atoms with E-state index in [1.54, 1.807) is 11.3 Å². The summed E-state index contributed by atoms with van der Waals surface area (Å²) >= 11 is 1.75. The molecule has 1 aromatic heterocycles. The third kappa shape index (κ3) is 2.58. The summed E-state index contributed by atoms with van der Waals surface area (Å²) in [6.07, 6.45) is 3.12. The minimum Gasteiger partial charge on any atom is -0.353 e. The summed E-state index contributed by atoms with van der Waals surface area (Å²) in [7, 11) is 0. The van der Waals surface area contributed by atoms with Crippen molar-refractivity contribution in [3.8, 4) is 0 Å². The van der Waals surface area contributed by atoms with Gasteiger partial charge in [-0.15, -0.1) is 11.3 Å². The molecule has 0 aromatic carbocycles. The van der Waals surface area contributed by atoms with Crippen LogP contribution in [0.1, 0.15) is 24.6 Å². The first-order valence-corrected chi connectivity index (χ1v) is 5.96. The van der Waals surface area contributed by atoms with E-state index in [9.17, 15) is 4.79 Å². The average Bonchev–Trinajstić information content (AvgIpc) is 2.87. The fraction of sp³-hybridized carbons (Fsp3) is 0.545. The topological polar surface area (TPSA) is 29.1 Å². The third-order valence-electron chi connectivity index (χ3n) is 2.42. The molecule has 14 heavy (non-hydrogen) atoms. The molecular formula is C11H15NOS. The molecule has 1 aliphatic carbocycles. The fourth-order valence-electron chi connectivity index (χ4n) is 1.49. The Hall–Kier alpha value is -0.830. The smallest absolute Gasteiger partial charge is 0.223 e. The van der Waals surface area contributed by atoms with E-state index in [2.05, 4.69) is 29.8 Å². The van der Waals surface area contributed by atoms with Crippen LogP contribution >= 0.6 is 11.3 Å². The van der Waals surface area contributed by atoms with Crippen molar-refractivity contribution in [3.63, 3.8) is 0 Å². The highest BCUT2D eigenvalue weighted by molar-refractivity contribution is 7.09. The van der Waals surface area contributed by atoms with Gasteiger partial charge in [-0.2, -0.15) is 0 Å². The Balaban J connectivity index is 1.78. The lowest BCUT2D eigenvalue weighted by Gasteiger charge is -2.12. The number of rotatable bonds is 4. The van der Waals surface area contributed by atoms with Crippen molar-refractivity contribution in [1.82, 2.24) is 5.32 Å². The van der Waals surface area contributed by atoms with Gasteiger partial charge < -0.3 is 5.32 Å². The van der Waals surface area contributed by atoms with E-state index in [1.165, 1.54) is 4.88 Å². The number of hydrogen-bond donors (Lipinski definition) is 1. The van der Waals surface area contributed by atoms with Crippen molar-refractivity contribution in [1.29, 1.82) is 0 Å². The Morgan fingerprint density at radius 3 is 3.07 bits per heavy atom. The molecule has 0 saturated heterocycles. The number of amides is 1. The molecule has 3 heteroatoms. The molecule has 1 heterocycles. The van der Waals surface area contributed by atoms with Gasteiger partial charge in [0.25, 0.3) is 0 Å². The molecule has 0 spiro atoms. The zero-order valence-electron chi connectivity index (χ0n) is 8.32. The van der Waals surface area contributed by atoms with E-state index in [0.717, 1.165) is 19.3 Å². The van der Waals surface area contributed by atoms with E-state index >= 15 is 0 Å². The lowest BCUT2D eigenvalue weighted by Crippen LogP contribution is -2.34. The van der Waals surface area contributed by atoms with Crippen LogP contribution in [0.5, 0.6) is 0 Å². The van der Waals surface area contributed by atoms with Crippen LogP contribution in [0.4, 0.5) is 0 Å². The van der Waals surface area contributed by atoms with E-state index < -0.39 is 0 Å². The van der Waals surface area contributed by atoms with Gasteiger partial charge in [0.2, 0.25) is 5.91 Å². The van der Waals surface area contributed by atoms with E-state index in [0.29, 0.717) is 5.92 Å². The van der Waals surface area contributed by atoms with Crippen LogP contribution in [0.3, 0.4) is 0 Å². The van der Waals surface area contributed by atoms with Crippen LogP contribution < -0.4 is 5.32 Å². The maximum atomic E-state index is 11.4. The van der Waals surface area contributed by atoms with Gasteiger partial charge in [-0.05, 0) is 31.2 Å². The second kappa shape index (κ2) is 4.13. The summed E-state index contributed by atoms with van der Waals surface area (Å²) in [5, 5.41) is 5.12. The number of hydrogen-bond acceptors (Lipinski definition) is 2. The van der Waals surface area contributed by atoms with Gasteiger partial charge in [0.15, 0.2) is 0 Å². The second-order valence-corrected chi connectivity index (χ2v) is 5.00. The molecule has 1 aromatic rings. The molecule has 0 bridgehead atoms. The summed E-state index contributed by atoms with van der Waals surface area (Å²) in [6.45, 7) is 2.07. The van der Waals surface area contributed by atoms with Crippen LogP contribution in [-0.2, 0) is 11.2 Å². The van der Waals surface area contributed by atoms with Crippen LogP contribution in [0, 0.1) is 5.92 Å². The van der Waals surface area contributed by atoms with Crippen LogP contribution in [-0.4, -0.2) is 11.9 Å². The van der Waals surface area contributed by atoms with Crippen LogP contribution in [0.25, 0.3) is 0 Å². The largest absolute Gasteiger partial charge is 0.353 e. The summed E-state index contributed by atoms with van der Waals surface area (Å²) in [5.41, 5.74) is 0. The van der Waals surface area contributed by atoms with Gasteiger partial charge >= 0.3 is 0 Å². The molecule has 0 aliphatic heterocycles. The summed E-state index contributed by atoms with van der Waals surface area (Å²) < 4.78 is 0. The van der Waals surface area contributed by atoms with Gasteiger partial charge in [0.05, 0.1) is 0 Å². The molecule has 1 fully saturated rings. The first kappa shape index (κ1) is 9.71. The number of thiophene rings is 1. The van der Waals surface area contributed by atoms with Gasteiger partial charge in [-0.1, -0.05) is 6.07 Å². The molecule has 0 radical (unpaired) electrons. The highest BCUT2D eigenvalue weighted by atomic mass is 32.1. The van der Waals surface area contributed by atoms with Gasteiger partial charge in [0.1, 0.15) is 0 Å². The molecule has 1 aliphatic rings. The highest BCUT2D eigenvalue weighted by Gasteiger charge is 2.30. The van der Waals surface area contributed by atoms with Gasteiger partial charge in [-0.3, -0.25) is 4.79 Å². The molecule has 76 valence electrons. The lowest BCUT2D eigenvalue weighted by atomic mass is 10.2. The Kier molecular flexibility index (Phi) is 2.87. The van der Waals surface area contributed by atoms with Crippen LogP contribution in [0.2, 0.25) is 0 Å². The van der Waals surface area contributed by atoms with Crippen molar-refractivity contribution in [2.45, 2.75) is 32.2 Å².